The van der Waals surface area contributed by atoms with E-state index in [1.807, 2.05) is 48.0 Å². The first kappa shape index (κ1) is 17.5. The molecule has 4 aromatic rings. The standard InChI is InChI=1S/C21H18N4O3/c1-14-8-9-25-13-17(24-19(25)11-14)15-4-6-16(7-5-15)23-20(26)12-22-21(27)18-3-2-10-28-18/h2-11,13H,12H2,1H3,(H,22,27)(H,23,26). The van der Waals surface area contributed by atoms with Gasteiger partial charge >= 0.3 is 0 Å². The zero-order chi connectivity index (χ0) is 19.5. The van der Waals surface area contributed by atoms with Crippen molar-refractivity contribution in [3.8, 4) is 11.3 Å². The third kappa shape index (κ3) is 3.78. The van der Waals surface area contributed by atoms with Crippen LogP contribution in [0.15, 0.2) is 71.6 Å². The van der Waals surface area contributed by atoms with Gasteiger partial charge in [0.15, 0.2) is 5.76 Å². The fourth-order valence-corrected chi connectivity index (χ4v) is 2.81. The number of anilines is 1. The van der Waals surface area contributed by atoms with Crippen molar-refractivity contribution < 1.29 is 14.0 Å². The minimum Gasteiger partial charge on any atom is -0.459 e. The van der Waals surface area contributed by atoms with E-state index in [0.29, 0.717) is 5.69 Å². The van der Waals surface area contributed by atoms with Gasteiger partial charge in [-0.2, -0.15) is 0 Å². The molecule has 0 spiro atoms. The normalized spacial score (nSPS) is 10.8. The maximum absolute atomic E-state index is 12.0. The number of amides is 2. The Morgan fingerprint density at radius 1 is 1.14 bits per heavy atom. The number of benzene rings is 1. The second-order valence-electron chi connectivity index (χ2n) is 6.38. The summed E-state index contributed by atoms with van der Waals surface area (Å²) >= 11 is 0. The van der Waals surface area contributed by atoms with Gasteiger partial charge in [0.05, 0.1) is 18.5 Å². The molecule has 0 aliphatic carbocycles. The van der Waals surface area contributed by atoms with Crippen molar-refractivity contribution in [2.45, 2.75) is 6.92 Å². The van der Waals surface area contributed by atoms with E-state index in [9.17, 15) is 9.59 Å². The summed E-state index contributed by atoms with van der Waals surface area (Å²) in [4.78, 5) is 28.4. The van der Waals surface area contributed by atoms with Crippen LogP contribution in [0, 0.1) is 6.92 Å². The van der Waals surface area contributed by atoms with E-state index in [1.165, 1.54) is 12.3 Å². The average Bonchev–Trinajstić information content (AvgIpc) is 3.36. The zero-order valence-corrected chi connectivity index (χ0v) is 15.2. The van der Waals surface area contributed by atoms with E-state index in [4.69, 9.17) is 4.42 Å². The number of nitrogens with zero attached hydrogens (tertiary/aromatic N) is 2. The van der Waals surface area contributed by atoms with Crippen LogP contribution in [0.5, 0.6) is 0 Å². The second kappa shape index (κ2) is 7.40. The first-order valence-corrected chi connectivity index (χ1v) is 8.76. The maximum Gasteiger partial charge on any atom is 0.287 e. The van der Waals surface area contributed by atoms with Crippen LogP contribution in [0.3, 0.4) is 0 Å². The van der Waals surface area contributed by atoms with Crippen LogP contribution in [-0.2, 0) is 4.79 Å². The lowest BCUT2D eigenvalue weighted by Gasteiger charge is -2.06. The molecule has 7 heteroatoms. The van der Waals surface area contributed by atoms with Crippen molar-refractivity contribution in [3.05, 3.63) is 78.5 Å². The number of imidazole rings is 1. The molecule has 0 aliphatic heterocycles. The van der Waals surface area contributed by atoms with Crippen LogP contribution >= 0.6 is 0 Å². The van der Waals surface area contributed by atoms with E-state index < -0.39 is 5.91 Å². The predicted molar refractivity (Wildman–Crippen MR) is 105 cm³/mol. The third-order valence-electron chi connectivity index (χ3n) is 4.23. The van der Waals surface area contributed by atoms with Crippen LogP contribution in [0.2, 0.25) is 0 Å². The quantitative estimate of drug-likeness (QED) is 0.561. The van der Waals surface area contributed by atoms with Gasteiger partial charge in [0.2, 0.25) is 5.91 Å². The van der Waals surface area contributed by atoms with E-state index in [1.54, 1.807) is 18.2 Å². The van der Waals surface area contributed by atoms with Crippen LogP contribution in [0.4, 0.5) is 5.69 Å². The van der Waals surface area contributed by atoms with Gasteiger partial charge in [-0.25, -0.2) is 4.98 Å². The number of furan rings is 1. The third-order valence-corrected chi connectivity index (χ3v) is 4.23. The Hall–Kier alpha value is -3.87. The van der Waals surface area contributed by atoms with E-state index in [0.717, 1.165) is 22.5 Å². The highest BCUT2D eigenvalue weighted by atomic mass is 16.3. The van der Waals surface area contributed by atoms with Crippen LogP contribution in [0.1, 0.15) is 16.1 Å². The number of hydrogen-bond acceptors (Lipinski definition) is 4. The highest BCUT2D eigenvalue weighted by molar-refractivity contribution is 5.98. The number of aryl methyl sites for hydroxylation is 1. The Morgan fingerprint density at radius 2 is 1.96 bits per heavy atom. The van der Waals surface area contributed by atoms with Crippen molar-refractivity contribution in [2.75, 3.05) is 11.9 Å². The van der Waals surface area contributed by atoms with Crippen LogP contribution < -0.4 is 10.6 Å². The molecular formula is C21H18N4O3. The minimum absolute atomic E-state index is 0.146. The monoisotopic (exact) mass is 374 g/mol. The Bertz CT molecular complexity index is 1130. The average molecular weight is 374 g/mol. The van der Waals surface area contributed by atoms with Crippen molar-refractivity contribution in [2.24, 2.45) is 0 Å². The van der Waals surface area contributed by atoms with Gasteiger partial charge in [-0.05, 0) is 48.9 Å². The van der Waals surface area contributed by atoms with Crippen molar-refractivity contribution >= 4 is 23.1 Å². The Balaban J connectivity index is 1.38. The van der Waals surface area contributed by atoms with Crippen LogP contribution in [-0.4, -0.2) is 27.7 Å². The summed E-state index contributed by atoms with van der Waals surface area (Å²) in [6.07, 6.45) is 5.35. The second-order valence-corrected chi connectivity index (χ2v) is 6.38. The molecule has 0 unspecified atom stereocenters. The molecule has 4 rings (SSSR count). The molecule has 0 atom stereocenters. The van der Waals surface area contributed by atoms with Gasteiger partial charge in [0, 0.05) is 23.6 Å². The summed E-state index contributed by atoms with van der Waals surface area (Å²) in [6, 6.07) is 14.6. The molecule has 0 fully saturated rings. The van der Waals surface area contributed by atoms with E-state index in [2.05, 4.69) is 15.6 Å². The van der Waals surface area contributed by atoms with E-state index >= 15 is 0 Å². The number of fused-ring (bicyclic) bond motifs is 1. The molecule has 2 N–H and O–H groups in total. The molecule has 0 saturated heterocycles. The Morgan fingerprint density at radius 3 is 2.71 bits per heavy atom. The molecule has 0 saturated carbocycles. The fraction of sp³-hybridized carbons (Fsp3) is 0.0952. The highest BCUT2D eigenvalue weighted by Gasteiger charge is 2.10. The first-order chi connectivity index (χ1) is 13.6. The molecular weight excluding hydrogens is 356 g/mol. The molecule has 7 nitrogen and oxygen atoms in total. The SMILES string of the molecule is Cc1ccn2cc(-c3ccc(NC(=O)CNC(=O)c4ccco4)cc3)nc2c1. The number of carbonyl (C=O) groups is 2. The minimum atomic E-state index is -0.433. The lowest BCUT2D eigenvalue weighted by atomic mass is 10.1. The predicted octanol–water partition coefficient (Wildman–Crippen LogP) is 3.27. The summed E-state index contributed by atoms with van der Waals surface area (Å²) in [5.41, 5.74) is 4.49. The summed E-state index contributed by atoms with van der Waals surface area (Å²) in [5, 5.41) is 5.25. The molecule has 3 heterocycles. The topological polar surface area (TPSA) is 88.6 Å². The van der Waals surface area contributed by atoms with Crippen molar-refractivity contribution in [1.29, 1.82) is 0 Å². The van der Waals surface area contributed by atoms with Crippen molar-refractivity contribution in [1.82, 2.24) is 14.7 Å². The fourth-order valence-electron chi connectivity index (χ4n) is 2.81. The summed E-state index contributed by atoms with van der Waals surface area (Å²) in [6.45, 7) is 1.88. The highest BCUT2D eigenvalue weighted by Crippen LogP contribution is 2.21. The van der Waals surface area contributed by atoms with Crippen LogP contribution in [0.25, 0.3) is 16.9 Å². The molecule has 0 radical (unpaired) electrons. The molecule has 2 amide bonds. The molecule has 28 heavy (non-hydrogen) atoms. The van der Waals surface area contributed by atoms with Crippen molar-refractivity contribution in [3.63, 3.8) is 0 Å². The lowest BCUT2D eigenvalue weighted by Crippen LogP contribution is -2.32. The number of carbonyl (C=O) groups excluding carboxylic acids is 2. The van der Waals surface area contributed by atoms with Gasteiger partial charge in [0.25, 0.3) is 5.91 Å². The molecule has 3 aromatic heterocycles. The molecule has 0 aliphatic rings. The number of hydrogen-bond donors (Lipinski definition) is 2. The zero-order valence-electron chi connectivity index (χ0n) is 15.2. The van der Waals surface area contributed by atoms with Gasteiger partial charge in [-0.1, -0.05) is 12.1 Å². The van der Waals surface area contributed by atoms with E-state index in [-0.39, 0.29) is 18.2 Å². The van der Waals surface area contributed by atoms with Gasteiger partial charge in [0.1, 0.15) is 5.65 Å². The Labute approximate surface area is 161 Å². The molecule has 0 bridgehead atoms. The number of nitrogens with one attached hydrogen (secondary N) is 2. The molecule has 1 aromatic carbocycles. The van der Waals surface area contributed by atoms with Gasteiger partial charge < -0.3 is 19.5 Å². The molecule has 140 valence electrons. The number of aromatic nitrogens is 2. The summed E-state index contributed by atoms with van der Waals surface area (Å²) in [7, 11) is 0. The number of pyridine rings is 1. The van der Waals surface area contributed by atoms with Gasteiger partial charge in [-0.3, -0.25) is 9.59 Å². The maximum atomic E-state index is 12.0. The van der Waals surface area contributed by atoms with Gasteiger partial charge in [-0.15, -0.1) is 0 Å². The largest absolute Gasteiger partial charge is 0.459 e. The Kier molecular flexibility index (Phi) is 4.63. The first-order valence-electron chi connectivity index (χ1n) is 8.76. The summed E-state index contributed by atoms with van der Waals surface area (Å²) < 4.78 is 6.95. The summed E-state index contributed by atoms with van der Waals surface area (Å²) in [5.74, 6) is -0.590. The smallest absolute Gasteiger partial charge is 0.287 e. The number of rotatable bonds is 5. The lowest BCUT2D eigenvalue weighted by molar-refractivity contribution is -0.115.